The van der Waals surface area contributed by atoms with Crippen LogP contribution in [0.3, 0.4) is 0 Å². The molecule has 0 aliphatic rings. The Kier molecular flexibility index (Phi) is 5.47. The van der Waals surface area contributed by atoms with Gasteiger partial charge in [-0.3, -0.25) is 19.6 Å². The molecular formula is C11H14N2O7S. The highest BCUT2D eigenvalue weighted by Gasteiger charge is 2.20. The lowest BCUT2D eigenvalue weighted by molar-refractivity contribution is -0.384. The summed E-state index contributed by atoms with van der Waals surface area (Å²) in [6.45, 7) is 2.01. The van der Waals surface area contributed by atoms with Crippen LogP contribution in [0.5, 0.6) is 5.75 Å². The van der Waals surface area contributed by atoms with E-state index in [1.807, 2.05) is 4.72 Å². The quantitative estimate of drug-likeness (QED) is 0.543. The van der Waals surface area contributed by atoms with Crippen molar-refractivity contribution in [3.05, 3.63) is 28.3 Å². The maximum absolute atomic E-state index is 11.7. The van der Waals surface area contributed by atoms with E-state index < -0.39 is 38.8 Å². The van der Waals surface area contributed by atoms with Gasteiger partial charge in [0.25, 0.3) is 5.69 Å². The Bertz CT molecular complexity index is 642. The molecule has 9 nitrogen and oxygen atoms in total. The van der Waals surface area contributed by atoms with Gasteiger partial charge in [0.2, 0.25) is 10.0 Å². The molecule has 0 saturated carbocycles. The molecule has 0 heterocycles. The summed E-state index contributed by atoms with van der Waals surface area (Å²) in [6.07, 6.45) is -0.597. The first-order valence-corrected chi connectivity index (χ1v) is 7.54. The van der Waals surface area contributed by atoms with Gasteiger partial charge < -0.3 is 9.84 Å². The molecule has 0 aromatic heterocycles. The van der Waals surface area contributed by atoms with Crippen molar-refractivity contribution in [2.24, 2.45) is 0 Å². The average Bonchev–Trinajstić information content (AvgIpc) is 2.38. The van der Waals surface area contributed by atoms with E-state index in [-0.39, 0.29) is 11.4 Å². The van der Waals surface area contributed by atoms with Crippen molar-refractivity contribution in [2.75, 3.05) is 17.1 Å². The zero-order valence-corrected chi connectivity index (χ0v) is 11.9. The molecule has 0 saturated heterocycles. The first kappa shape index (κ1) is 16.7. The van der Waals surface area contributed by atoms with Crippen LogP contribution < -0.4 is 9.46 Å². The van der Waals surface area contributed by atoms with E-state index >= 15 is 0 Å². The number of carboxylic acids is 1. The van der Waals surface area contributed by atoms with Crippen LogP contribution in [0.2, 0.25) is 0 Å². The number of rotatable bonds is 8. The second-order valence-electron chi connectivity index (χ2n) is 3.93. The van der Waals surface area contributed by atoms with Crippen LogP contribution in [-0.4, -0.2) is 36.8 Å². The van der Waals surface area contributed by atoms with Gasteiger partial charge in [-0.15, -0.1) is 0 Å². The van der Waals surface area contributed by atoms with Gasteiger partial charge in [0, 0.05) is 0 Å². The first-order chi connectivity index (χ1) is 9.75. The Morgan fingerprint density at radius 1 is 1.48 bits per heavy atom. The Morgan fingerprint density at radius 3 is 2.67 bits per heavy atom. The lowest BCUT2D eigenvalue weighted by Crippen LogP contribution is -2.19. The largest absolute Gasteiger partial charge is 0.494 e. The summed E-state index contributed by atoms with van der Waals surface area (Å²) in [4.78, 5) is 20.6. The summed E-state index contributed by atoms with van der Waals surface area (Å²) in [5.74, 6) is -1.72. The van der Waals surface area contributed by atoms with Crippen molar-refractivity contribution in [1.29, 1.82) is 0 Å². The molecular weight excluding hydrogens is 304 g/mol. The van der Waals surface area contributed by atoms with Gasteiger partial charge in [-0.2, -0.15) is 0 Å². The van der Waals surface area contributed by atoms with Crippen LogP contribution in [0.25, 0.3) is 0 Å². The number of carbonyl (C=O) groups is 1. The van der Waals surface area contributed by atoms with Crippen LogP contribution in [0.15, 0.2) is 18.2 Å². The lowest BCUT2D eigenvalue weighted by Gasteiger charge is -2.09. The number of ether oxygens (including phenoxy) is 1. The number of nitro groups is 1. The molecule has 0 amide bonds. The number of hydrogen-bond acceptors (Lipinski definition) is 6. The second kappa shape index (κ2) is 6.88. The molecule has 0 fully saturated rings. The van der Waals surface area contributed by atoms with Crippen LogP contribution in [0, 0.1) is 10.1 Å². The molecule has 0 radical (unpaired) electrons. The summed E-state index contributed by atoms with van der Waals surface area (Å²) < 4.78 is 30.4. The van der Waals surface area contributed by atoms with E-state index in [0.29, 0.717) is 6.61 Å². The van der Waals surface area contributed by atoms with Crippen molar-refractivity contribution in [3.8, 4) is 5.75 Å². The third-order valence-corrected chi connectivity index (χ3v) is 3.60. The zero-order valence-electron chi connectivity index (χ0n) is 11.1. The molecule has 0 unspecified atom stereocenters. The molecule has 0 aliphatic heterocycles. The van der Waals surface area contributed by atoms with Crippen molar-refractivity contribution < 1.29 is 28.0 Å². The number of sulfonamides is 1. The van der Waals surface area contributed by atoms with Gasteiger partial charge in [0.15, 0.2) is 0 Å². The van der Waals surface area contributed by atoms with E-state index in [2.05, 4.69) is 0 Å². The number of aliphatic carboxylic acids is 1. The fraction of sp³-hybridized carbons (Fsp3) is 0.364. The van der Waals surface area contributed by atoms with Crippen LogP contribution in [0.4, 0.5) is 11.4 Å². The predicted octanol–water partition coefficient (Wildman–Crippen LogP) is 1.21. The van der Waals surface area contributed by atoms with E-state index in [4.69, 9.17) is 9.84 Å². The van der Waals surface area contributed by atoms with E-state index in [1.165, 1.54) is 12.1 Å². The Morgan fingerprint density at radius 2 is 2.14 bits per heavy atom. The van der Waals surface area contributed by atoms with Gasteiger partial charge >= 0.3 is 5.97 Å². The minimum atomic E-state index is -3.99. The first-order valence-electron chi connectivity index (χ1n) is 5.88. The number of nitrogens with zero attached hydrogens (tertiary/aromatic N) is 1. The van der Waals surface area contributed by atoms with Crippen molar-refractivity contribution in [2.45, 2.75) is 13.3 Å². The zero-order chi connectivity index (χ0) is 16.0. The van der Waals surface area contributed by atoms with Gasteiger partial charge in [-0.25, -0.2) is 8.42 Å². The summed E-state index contributed by atoms with van der Waals surface area (Å²) in [6, 6.07) is 3.67. The normalized spacial score (nSPS) is 10.9. The third-order valence-electron chi connectivity index (χ3n) is 2.33. The van der Waals surface area contributed by atoms with E-state index in [9.17, 15) is 23.3 Å². The highest BCUT2D eigenvalue weighted by atomic mass is 32.2. The fourth-order valence-corrected chi connectivity index (χ4v) is 2.50. The molecule has 2 N–H and O–H groups in total. The number of hydrogen-bond donors (Lipinski definition) is 2. The number of carboxylic acid groups (broad SMARTS) is 1. The van der Waals surface area contributed by atoms with E-state index in [0.717, 1.165) is 6.07 Å². The molecule has 0 aliphatic carbocycles. The highest BCUT2D eigenvalue weighted by Crippen LogP contribution is 2.29. The predicted molar refractivity (Wildman–Crippen MR) is 73.9 cm³/mol. The summed E-state index contributed by atoms with van der Waals surface area (Å²) in [5.41, 5.74) is -0.714. The van der Waals surface area contributed by atoms with Crippen molar-refractivity contribution in [1.82, 2.24) is 0 Å². The lowest BCUT2D eigenvalue weighted by atomic mass is 10.2. The Hall–Kier alpha value is -2.36. The van der Waals surface area contributed by atoms with E-state index in [1.54, 1.807) is 6.92 Å². The standard InChI is InChI=1S/C11H14N2O7S/c1-2-20-8-3-4-9(10(7-8)13(16)17)12-21(18,19)6-5-11(14)15/h3-4,7,12H,2,5-6H2,1H3,(H,14,15). The minimum Gasteiger partial charge on any atom is -0.494 e. The maximum atomic E-state index is 11.7. The smallest absolute Gasteiger partial charge is 0.304 e. The number of nitro benzene ring substituents is 1. The molecule has 1 rings (SSSR count). The fourth-order valence-electron chi connectivity index (χ4n) is 1.45. The molecule has 0 bridgehead atoms. The summed E-state index contributed by atoms with van der Waals surface area (Å²) in [5, 5.41) is 19.4. The van der Waals surface area contributed by atoms with Crippen LogP contribution >= 0.6 is 0 Å². The molecule has 0 spiro atoms. The molecule has 1 aromatic carbocycles. The minimum absolute atomic E-state index is 0.234. The number of nitrogens with one attached hydrogen (secondary N) is 1. The number of anilines is 1. The van der Waals surface area contributed by atoms with Gasteiger partial charge in [0.05, 0.1) is 29.8 Å². The van der Waals surface area contributed by atoms with Gasteiger partial charge in [-0.05, 0) is 19.1 Å². The second-order valence-corrected chi connectivity index (χ2v) is 5.78. The molecule has 10 heteroatoms. The van der Waals surface area contributed by atoms with Gasteiger partial charge in [0.1, 0.15) is 11.4 Å². The van der Waals surface area contributed by atoms with Crippen molar-refractivity contribution >= 4 is 27.4 Å². The Balaban J connectivity index is 3.02. The highest BCUT2D eigenvalue weighted by molar-refractivity contribution is 7.92. The van der Waals surface area contributed by atoms with Crippen LogP contribution in [-0.2, 0) is 14.8 Å². The molecule has 0 atom stereocenters. The maximum Gasteiger partial charge on any atom is 0.304 e. The number of benzene rings is 1. The average molecular weight is 318 g/mol. The van der Waals surface area contributed by atoms with Crippen LogP contribution in [0.1, 0.15) is 13.3 Å². The topological polar surface area (TPSA) is 136 Å². The van der Waals surface area contributed by atoms with Crippen molar-refractivity contribution in [3.63, 3.8) is 0 Å². The molecule has 1 aromatic rings. The SMILES string of the molecule is CCOc1ccc(NS(=O)(=O)CCC(=O)O)c([N+](=O)[O-])c1. The Labute approximate surface area is 120 Å². The third kappa shape index (κ3) is 5.26. The monoisotopic (exact) mass is 318 g/mol. The summed E-state index contributed by atoms with van der Waals surface area (Å²) in [7, 11) is -3.99. The molecule has 21 heavy (non-hydrogen) atoms. The van der Waals surface area contributed by atoms with Gasteiger partial charge in [-0.1, -0.05) is 0 Å². The molecule has 116 valence electrons. The summed E-state index contributed by atoms with van der Waals surface area (Å²) >= 11 is 0.